The van der Waals surface area contributed by atoms with Crippen molar-refractivity contribution in [3.8, 4) is 5.75 Å². The maximum Gasteiger partial charge on any atom is 0.119 e. The molecule has 1 rings (SSSR count). The third-order valence-electron chi connectivity index (χ3n) is 2.81. The molecule has 18 heavy (non-hydrogen) atoms. The van der Waals surface area contributed by atoms with Gasteiger partial charge in [0, 0.05) is 13.1 Å². The fourth-order valence-electron chi connectivity index (χ4n) is 1.73. The molecule has 0 aliphatic heterocycles. The van der Waals surface area contributed by atoms with E-state index in [4.69, 9.17) is 9.84 Å². The minimum absolute atomic E-state index is 0.180. The van der Waals surface area contributed by atoms with Gasteiger partial charge in [-0.1, -0.05) is 38.3 Å². The van der Waals surface area contributed by atoms with Crippen molar-refractivity contribution in [3.63, 3.8) is 0 Å². The smallest absolute Gasteiger partial charge is 0.119 e. The summed E-state index contributed by atoms with van der Waals surface area (Å²) in [7, 11) is 0. The molecule has 0 bridgehead atoms. The highest BCUT2D eigenvalue weighted by Crippen LogP contribution is 2.13. The van der Waals surface area contributed by atoms with Gasteiger partial charge in [-0.2, -0.15) is 0 Å². The number of rotatable bonds is 10. The van der Waals surface area contributed by atoms with E-state index in [9.17, 15) is 0 Å². The van der Waals surface area contributed by atoms with E-state index in [0.717, 1.165) is 25.3 Å². The van der Waals surface area contributed by atoms with Crippen molar-refractivity contribution in [2.75, 3.05) is 19.8 Å². The fraction of sp³-hybridized carbons (Fsp3) is 0.600. The first-order valence-electron chi connectivity index (χ1n) is 6.90. The molecule has 0 radical (unpaired) electrons. The molecule has 2 N–H and O–H groups in total. The minimum atomic E-state index is 0.180. The maximum atomic E-state index is 8.66. The number of nitrogens with one attached hydrogen (secondary N) is 1. The van der Waals surface area contributed by atoms with Crippen LogP contribution in [0.5, 0.6) is 5.75 Å². The van der Waals surface area contributed by atoms with E-state index in [1.54, 1.807) is 0 Å². The van der Waals surface area contributed by atoms with Crippen LogP contribution in [-0.2, 0) is 6.54 Å². The van der Waals surface area contributed by atoms with Crippen LogP contribution >= 0.6 is 0 Å². The van der Waals surface area contributed by atoms with Gasteiger partial charge in [0.2, 0.25) is 0 Å². The summed E-state index contributed by atoms with van der Waals surface area (Å²) in [6, 6.07) is 8.14. The van der Waals surface area contributed by atoms with Gasteiger partial charge in [-0.25, -0.2) is 0 Å². The third-order valence-corrected chi connectivity index (χ3v) is 2.81. The molecule has 0 aliphatic rings. The van der Waals surface area contributed by atoms with E-state index in [1.165, 1.54) is 24.8 Å². The largest absolute Gasteiger partial charge is 0.494 e. The van der Waals surface area contributed by atoms with Crippen molar-refractivity contribution >= 4 is 0 Å². The topological polar surface area (TPSA) is 41.5 Å². The second-order valence-electron chi connectivity index (χ2n) is 4.45. The van der Waals surface area contributed by atoms with E-state index < -0.39 is 0 Å². The quantitative estimate of drug-likeness (QED) is 0.628. The molecular formula is C15H25NO2. The second-order valence-corrected chi connectivity index (χ2v) is 4.45. The molecule has 0 atom stereocenters. The Morgan fingerprint density at radius 1 is 1.11 bits per heavy atom. The van der Waals surface area contributed by atoms with Crippen molar-refractivity contribution in [2.45, 2.75) is 39.2 Å². The molecule has 0 spiro atoms. The Balaban J connectivity index is 2.19. The Hall–Kier alpha value is -1.06. The van der Waals surface area contributed by atoms with E-state index in [2.05, 4.69) is 24.4 Å². The predicted octanol–water partition coefficient (Wildman–Crippen LogP) is 2.73. The predicted molar refractivity (Wildman–Crippen MR) is 74.9 cm³/mol. The van der Waals surface area contributed by atoms with Crippen LogP contribution < -0.4 is 10.1 Å². The molecule has 1 aromatic rings. The number of benzene rings is 1. The highest BCUT2D eigenvalue weighted by molar-refractivity contribution is 5.27. The minimum Gasteiger partial charge on any atom is -0.494 e. The molecule has 0 amide bonds. The molecule has 0 unspecified atom stereocenters. The fourth-order valence-corrected chi connectivity index (χ4v) is 1.73. The van der Waals surface area contributed by atoms with Crippen LogP contribution in [0.25, 0.3) is 0 Å². The van der Waals surface area contributed by atoms with Gasteiger partial charge in [0.25, 0.3) is 0 Å². The molecule has 1 aromatic carbocycles. The van der Waals surface area contributed by atoms with Crippen LogP contribution in [0.3, 0.4) is 0 Å². The third kappa shape index (κ3) is 6.62. The zero-order valence-electron chi connectivity index (χ0n) is 11.3. The number of hydrogen-bond donors (Lipinski definition) is 2. The molecule has 102 valence electrons. The SMILES string of the molecule is CCCCCCOc1ccc(CNCCO)cc1. The van der Waals surface area contributed by atoms with Crippen LogP contribution in [0.4, 0.5) is 0 Å². The standard InChI is InChI=1S/C15H25NO2/c1-2-3-4-5-12-18-15-8-6-14(7-9-15)13-16-10-11-17/h6-9,16-17H,2-5,10-13H2,1H3. The summed E-state index contributed by atoms with van der Waals surface area (Å²) in [4.78, 5) is 0. The lowest BCUT2D eigenvalue weighted by Gasteiger charge is -2.07. The molecule has 3 nitrogen and oxygen atoms in total. The van der Waals surface area contributed by atoms with Crippen LogP contribution in [0.1, 0.15) is 38.2 Å². The number of aliphatic hydroxyl groups excluding tert-OH is 1. The Labute approximate surface area is 110 Å². The van der Waals surface area contributed by atoms with Crippen LogP contribution in [0.2, 0.25) is 0 Å². The van der Waals surface area contributed by atoms with Crippen LogP contribution in [0, 0.1) is 0 Å². The first-order valence-corrected chi connectivity index (χ1v) is 6.90. The van der Waals surface area contributed by atoms with E-state index in [0.29, 0.717) is 6.54 Å². The Kier molecular flexibility index (Phi) is 8.26. The van der Waals surface area contributed by atoms with Gasteiger partial charge in [-0.3, -0.25) is 0 Å². The van der Waals surface area contributed by atoms with Crippen molar-refractivity contribution < 1.29 is 9.84 Å². The molecule has 0 heterocycles. The summed E-state index contributed by atoms with van der Waals surface area (Å²) >= 11 is 0. The summed E-state index contributed by atoms with van der Waals surface area (Å²) in [6.07, 6.45) is 4.93. The average Bonchev–Trinajstić information content (AvgIpc) is 2.40. The molecule has 0 saturated heterocycles. The lowest BCUT2D eigenvalue weighted by atomic mass is 10.2. The second kappa shape index (κ2) is 9.92. The Morgan fingerprint density at radius 2 is 1.89 bits per heavy atom. The molecule has 0 fully saturated rings. The first kappa shape index (κ1) is 15.0. The molecule has 3 heteroatoms. The lowest BCUT2D eigenvalue weighted by molar-refractivity contribution is 0.292. The monoisotopic (exact) mass is 251 g/mol. The summed E-state index contributed by atoms with van der Waals surface area (Å²) in [5.41, 5.74) is 1.21. The average molecular weight is 251 g/mol. The zero-order chi connectivity index (χ0) is 13.1. The van der Waals surface area contributed by atoms with Gasteiger partial charge in [0.05, 0.1) is 13.2 Å². The van der Waals surface area contributed by atoms with Crippen LogP contribution in [0.15, 0.2) is 24.3 Å². The van der Waals surface area contributed by atoms with Crippen molar-refractivity contribution in [2.24, 2.45) is 0 Å². The molecule has 0 saturated carbocycles. The lowest BCUT2D eigenvalue weighted by Crippen LogP contribution is -2.17. The van der Waals surface area contributed by atoms with Gasteiger partial charge in [0.15, 0.2) is 0 Å². The van der Waals surface area contributed by atoms with Crippen molar-refractivity contribution in [1.29, 1.82) is 0 Å². The summed E-state index contributed by atoms with van der Waals surface area (Å²) < 4.78 is 5.67. The van der Waals surface area contributed by atoms with Gasteiger partial charge in [0.1, 0.15) is 5.75 Å². The van der Waals surface area contributed by atoms with E-state index in [-0.39, 0.29) is 6.61 Å². The maximum absolute atomic E-state index is 8.66. The van der Waals surface area contributed by atoms with Gasteiger partial charge < -0.3 is 15.2 Å². The number of aliphatic hydroxyl groups is 1. The summed E-state index contributed by atoms with van der Waals surface area (Å²) in [6.45, 7) is 4.62. The summed E-state index contributed by atoms with van der Waals surface area (Å²) in [5, 5.41) is 11.8. The molecule has 0 aromatic heterocycles. The highest BCUT2D eigenvalue weighted by Gasteiger charge is 1.96. The first-order chi connectivity index (χ1) is 8.86. The highest BCUT2D eigenvalue weighted by atomic mass is 16.5. The zero-order valence-corrected chi connectivity index (χ0v) is 11.3. The molecule has 0 aliphatic carbocycles. The molecular weight excluding hydrogens is 226 g/mol. The number of unbranched alkanes of at least 4 members (excludes halogenated alkanes) is 3. The number of hydrogen-bond acceptors (Lipinski definition) is 3. The summed E-state index contributed by atoms with van der Waals surface area (Å²) in [5.74, 6) is 0.942. The van der Waals surface area contributed by atoms with Gasteiger partial charge >= 0.3 is 0 Å². The van der Waals surface area contributed by atoms with E-state index >= 15 is 0 Å². The van der Waals surface area contributed by atoms with Gasteiger partial charge in [-0.05, 0) is 24.1 Å². The van der Waals surface area contributed by atoms with Gasteiger partial charge in [-0.15, -0.1) is 0 Å². The number of ether oxygens (including phenoxy) is 1. The Bertz CT molecular complexity index is 298. The normalized spacial score (nSPS) is 10.6. The van der Waals surface area contributed by atoms with E-state index in [1.807, 2.05) is 12.1 Å². The van der Waals surface area contributed by atoms with Crippen molar-refractivity contribution in [3.05, 3.63) is 29.8 Å². The Morgan fingerprint density at radius 3 is 2.56 bits per heavy atom. The van der Waals surface area contributed by atoms with Crippen molar-refractivity contribution in [1.82, 2.24) is 5.32 Å². The van der Waals surface area contributed by atoms with Crippen LogP contribution in [-0.4, -0.2) is 24.9 Å².